The van der Waals surface area contributed by atoms with Crippen LogP contribution in [0.4, 0.5) is 11.4 Å². The summed E-state index contributed by atoms with van der Waals surface area (Å²) in [7, 11) is 1.67. The van der Waals surface area contributed by atoms with Crippen LogP contribution in [-0.2, 0) is 0 Å². The molecule has 3 aromatic carbocycles. The Morgan fingerprint density at radius 1 is 0.939 bits per heavy atom. The molecule has 5 nitrogen and oxygen atoms in total. The van der Waals surface area contributed by atoms with E-state index in [1.165, 1.54) is 35.9 Å². The van der Waals surface area contributed by atoms with Crippen molar-refractivity contribution in [3.63, 3.8) is 0 Å². The zero-order valence-corrected chi connectivity index (χ0v) is 18.2. The number of nitrogens with zero attached hydrogens (tertiary/aromatic N) is 1. The third-order valence-corrected chi connectivity index (χ3v) is 7.16. The van der Waals surface area contributed by atoms with E-state index in [1.807, 2.05) is 18.2 Å². The molecule has 33 heavy (non-hydrogen) atoms. The maximum Gasteiger partial charge on any atom is 0.197 e. The van der Waals surface area contributed by atoms with E-state index in [-0.39, 0.29) is 28.5 Å². The molecule has 1 aliphatic heterocycles. The third-order valence-electron chi connectivity index (χ3n) is 7.16. The highest BCUT2D eigenvalue weighted by atomic mass is 16.5. The maximum atomic E-state index is 12.9. The van der Waals surface area contributed by atoms with Crippen LogP contribution in [0.3, 0.4) is 0 Å². The number of aromatic hydroxyl groups is 1. The molecule has 0 spiro atoms. The quantitative estimate of drug-likeness (QED) is 0.424. The smallest absolute Gasteiger partial charge is 0.197 e. The molecule has 2 atom stereocenters. The van der Waals surface area contributed by atoms with Crippen molar-refractivity contribution in [1.29, 1.82) is 0 Å². The molecule has 2 unspecified atom stereocenters. The molecule has 0 radical (unpaired) electrons. The van der Waals surface area contributed by atoms with Crippen molar-refractivity contribution >= 4 is 29.0 Å². The highest BCUT2D eigenvalue weighted by Gasteiger charge is 2.42. The van der Waals surface area contributed by atoms with E-state index in [0.29, 0.717) is 17.5 Å². The number of hydrogen-bond donors (Lipinski definition) is 1. The van der Waals surface area contributed by atoms with Gasteiger partial charge in [0.1, 0.15) is 11.5 Å². The number of allylic oxidation sites excluding steroid dienone is 1. The Labute approximate surface area is 191 Å². The molecule has 3 aliphatic rings. The zero-order valence-electron chi connectivity index (χ0n) is 18.2. The van der Waals surface area contributed by atoms with Gasteiger partial charge in [-0.15, -0.1) is 0 Å². The number of rotatable bonds is 3. The van der Waals surface area contributed by atoms with Crippen LogP contribution < -0.4 is 9.64 Å². The summed E-state index contributed by atoms with van der Waals surface area (Å²) in [6.45, 7) is 0. The van der Waals surface area contributed by atoms with Gasteiger partial charge < -0.3 is 14.7 Å². The number of hydrogen-bond acceptors (Lipinski definition) is 5. The molecule has 164 valence electrons. The number of phenols is 1. The summed E-state index contributed by atoms with van der Waals surface area (Å²) in [5.74, 6) is 0.645. The predicted molar refractivity (Wildman–Crippen MR) is 127 cm³/mol. The molecule has 0 amide bonds. The van der Waals surface area contributed by atoms with Crippen LogP contribution in [0.1, 0.15) is 57.0 Å². The number of benzene rings is 3. The predicted octanol–water partition coefficient (Wildman–Crippen LogP) is 5.65. The topological polar surface area (TPSA) is 66.8 Å². The van der Waals surface area contributed by atoms with E-state index in [1.54, 1.807) is 13.2 Å². The van der Waals surface area contributed by atoms with Crippen molar-refractivity contribution < 1.29 is 19.4 Å². The van der Waals surface area contributed by atoms with Gasteiger partial charge in [-0.05, 0) is 84.6 Å². The lowest BCUT2D eigenvalue weighted by Gasteiger charge is -2.27. The number of phenolic OH excluding ortho intramolecular Hbond substituents is 1. The van der Waals surface area contributed by atoms with Crippen LogP contribution in [0, 0.1) is 0 Å². The van der Waals surface area contributed by atoms with Crippen LogP contribution in [0.5, 0.6) is 11.5 Å². The Hall–Kier alpha value is -3.86. The Balaban J connectivity index is 1.39. The second-order valence-corrected chi connectivity index (χ2v) is 8.94. The van der Waals surface area contributed by atoms with Crippen LogP contribution in [0.15, 0.2) is 66.2 Å². The average molecular weight is 437 g/mol. The summed E-state index contributed by atoms with van der Waals surface area (Å²) in [5.41, 5.74) is 5.24. The number of carbonyl (C=O) groups excluding carboxylic acids is 2. The lowest BCUT2D eigenvalue weighted by atomic mass is 9.95. The Kier molecular flexibility index (Phi) is 4.40. The summed E-state index contributed by atoms with van der Waals surface area (Å²) in [4.78, 5) is 28.1. The lowest BCUT2D eigenvalue weighted by Crippen LogP contribution is -2.26. The Morgan fingerprint density at radius 3 is 2.52 bits per heavy atom. The first-order valence-corrected chi connectivity index (χ1v) is 11.3. The summed E-state index contributed by atoms with van der Waals surface area (Å²) < 4.78 is 5.32. The molecule has 1 heterocycles. The molecule has 2 aliphatic carbocycles. The maximum absolute atomic E-state index is 12.9. The largest absolute Gasteiger partial charge is 0.508 e. The van der Waals surface area contributed by atoms with Crippen molar-refractivity contribution in [2.24, 2.45) is 0 Å². The Bertz CT molecular complexity index is 1340. The first kappa shape index (κ1) is 19.8. The second kappa shape index (κ2) is 7.34. The molecule has 0 saturated heterocycles. The number of ketones is 2. The second-order valence-electron chi connectivity index (χ2n) is 8.94. The monoisotopic (exact) mass is 437 g/mol. The number of methoxy groups -OCH3 is 1. The average Bonchev–Trinajstić information content (AvgIpc) is 3.48. The van der Waals surface area contributed by atoms with Gasteiger partial charge in [0.25, 0.3) is 0 Å². The highest BCUT2D eigenvalue weighted by molar-refractivity contribution is 6.41. The van der Waals surface area contributed by atoms with E-state index in [4.69, 9.17) is 4.74 Å². The van der Waals surface area contributed by atoms with Gasteiger partial charge >= 0.3 is 0 Å². The molecule has 5 heteroatoms. The van der Waals surface area contributed by atoms with Gasteiger partial charge in [0.2, 0.25) is 0 Å². The summed E-state index contributed by atoms with van der Waals surface area (Å²) >= 11 is 0. The lowest BCUT2D eigenvalue weighted by molar-refractivity contribution is 0.0990. The minimum absolute atomic E-state index is 0.0143. The van der Waals surface area contributed by atoms with Gasteiger partial charge in [0, 0.05) is 34.5 Å². The van der Waals surface area contributed by atoms with E-state index in [9.17, 15) is 14.7 Å². The van der Waals surface area contributed by atoms with Crippen LogP contribution in [0.2, 0.25) is 0 Å². The number of Topliss-reactive ketones (excluding diaryl/α,β-unsaturated/α-hetero) is 2. The van der Waals surface area contributed by atoms with Gasteiger partial charge in [0.05, 0.1) is 12.7 Å². The third kappa shape index (κ3) is 2.99. The van der Waals surface area contributed by atoms with Gasteiger partial charge in [-0.3, -0.25) is 9.59 Å². The van der Waals surface area contributed by atoms with Crippen molar-refractivity contribution in [3.8, 4) is 11.5 Å². The van der Waals surface area contributed by atoms with Crippen molar-refractivity contribution in [1.82, 2.24) is 0 Å². The van der Waals surface area contributed by atoms with Gasteiger partial charge in [-0.25, -0.2) is 0 Å². The minimum atomic E-state index is -0.329. The molecule has 3 aromatic rings. The molecular weight excluding hydrogens is 414 g/mol. The number of carbonyl (C=O) groups is 2. The van der Waals surface area contributed by atoms with Crippen LogP contribution in [0.25, 0.3) is 6.08 Å². The first-order valence-electron chi connectivity index (χ1n) is 11.3. The highest BCUT2D eigenvalue weighted by Crippen LogP contribution is 2.52. The molecule has 0 bridgehead atoms. The molecule has 6 rings (SSSR count). The van der Waals surface area contributed by atoms with Crippen molar-refractivity contribution in [3.05, 3.63) is 88.5 Å². The van der Waals surface area contributed by atoms with Gasteiger partial charge in [-0.1, -0.05) is 12.5 Å². The molecule has 1 N–H and O–H groups in total. The van der Waals surface area contributed by atoms with Crippen LogP contribution in [-0.4, -0.2) is 29.8 Å². The van der Waals surface area contributed by atoms with Gasteiger partial charge in [-0.2, -0.15) is 0 Å². The number of fused-ring (bicyclic) bond motifs is 4. The number of anilines is 2. The fourth-order valence-corrected chi connectivity index (χ4v) is 5.65. The number of ether oxygens (including phenoxy) is 1. The summed E-state index contributed by atoms with van der Waals surface area (Å²) in [5, 5.41) is 9.72. The molecular formula is C28H23NO4. The standard InChI is InChI=1S/C28H23NO4/c1-33-19-9-6-17(7-10-19)29-25-4-2-3-20(25)22-13-16(5-12-26(22)29)14-24-27(31)21-11-8-18(30)15-23(21)28(24)32/h5-15,20,25,30H,2-4H2,1H3/b24-14-. The minimum Gasteiger partial charge on any atom is -0.508 e. The summed E-state index contributed by atoms with van der Waals surface area (Å²) in [6.07, 6.45) is 5.15. The molecule has 1 fully saturated rings. The molecule has 1 saturated carbocycles. The van der Waals surface area contributed by atoms with E-state index in [0.717, 1.165) is 29.8 Å². The van der Waals surface area contributed by atoms with E-state index in [2.05, 4.69) is 29.2 Å². The van der Waals surface area contributed by atoms with Crippen molar-refractivity contribution in [2.75, 3.05) is 12.0 Å². The Morgan fingerprint density at radius 2 is 1.73 bits per heavy atom. The first-order chi connectivity index (χ1) is 16.0. The van der Waals surface area contributed by atoms with E-state index >= 15 is 0 Å². The van der Waals surface area contributed by atoms with E-state index < -0.39 is 0 Å². The van der Waals surface area contributed by atoms with Crippen LogP contribution >= 0.6 is 0 Å². The zero-order chi connectivity index (χ0) is 22.7. The molecule has 0 aromatic heterocycles. The van der Waals surface area contributed by atoms with Gasteiger partial charge in [0.15, 0.2) is 11.6 Å². The fourth-order valence-electron chi connectivity index (χ4n) is 5.65. The normalized spacial score (nSPS) is 22.0. The fraction of sp³-hybridized carbons (Fsp3) is 0.214. The summed E-state index contributed by atoms with van der Waals surface area (Å²) in [6, 6.07) is 19.1. The SMILES string of the molecule is COc1ccc(N2c3ccc(/C=C4/C(=O)c5ccc(O)cc5C4=O)cc3C3CCCC32)cc1. The van der Waals surface area contributed by atoms with Crippen molar-refractivity contribution in [2.45, 2.75) is 31.2 Å².